The third kappa shape index (κ3) is 4.30. The second-order valence-corrected chi connectivity index (χ2v) is 10.2. The van der Waals surface area contributed by atoms with E-state index in [0.717, 1.165) is 25.2 Å². The van der Waals surface area contributed by atoms with Gasteiger partial charge in [0.05, 0.1) is 18.1 Å². The molecule has 0 N–H and O–H groups in total. The lowest BCUT2D eigenvalue weighted by Crippen LogP contribution is -2.44. The fraction of sp³-hybridized carbons (Fsp3) is 0.700. The molecule has 0 amide bonds. The maximum atomic E-state index is 12.9. The summed E-state index contributed by atoms with van der Waals surface area (Å²) in [7, 11) is -3.43. The summed E-state index contributed by atoms with van der Waals surface area (Å²) in [5.41, 5.74) is 1.42. The summed E-state index contributed by atoms with van der Waals surface area (Å²) in [4.78, 5) is 2.88. The van der Waals surface area contributed by atoms with Crippen molar-refractivity contribution in [2.24, 2.45) is 11.3 Å². The van der Waals surface area contributed by atoms with Crippen LogP contribution in [-0.2, 0) is 21.3 Å². The van der Waals surface area contributed by atoms with E-state index in [2.05, 4.69) is 25.7 Å². The Morgan fingerprint density at radius 2 is 1.92 bits per heavy atom. The number of ether oxygens (including phenoxy) is 1. The third-order valence-electron chi connectivity index (χ3n) is 6.11. The molecule has 26 heavy (non-hydrogen) atoms. The minimum Gasteiger partial charge on any atom is -0.379 e. The van der Waals surface area contributed by atoms with Gasteiger partial charge in [0, 0.05) is 26.2 Å². The number of benzene rings is 1. The van der Waals surface area contributed by atoms with Crippen LogP contribution in [0.3, 0.4) is 0 Å². The summed E-state index contributed by atoms with van der Waals surface area (Å²) in [6.07, 6.45) is 2.48. The van der Waals surface area contributed by atoms with Gasteiger partial charge < -0.3 is 4.74 Å². The van der Waals surface area contributed by atoms with Crippen LogP contribution >= 0.6 is 0 Å². The number of morpholine rings is 1. The molecule has 0 aromatic heterocycles. The van der Waals surface area contributed by atoms with Crippen LogP contribution in [0.1, 0.15) is 39.2 Å². The number of piperidine rings is 1. The van der Waals surface area contributed by atoms with Crippen molar-refractivity contribution in [3.8, 4) is 0 Å². The fourth-order valence-electron chi connectivity index (χ4n) is 3.98. The molecule has 0 radical (unpaired) electrons. The zero-order valence-electron chi connectivity index (χ0n) is 16.3. The van der Waals surface area contributed by atoms with Crippen LogP contribution < -0.4 is 0 Å². The van der Waals surface area contributed by atoms with Crippen molar-refractivity contribution in [3.63, 3.8) is 0 Å². The van der Waals surface area contributed by atoms with Crippen LogP contribution in [0.5, 0.6) is 0 Å². The minimum absolute atomic E-state index is 0.343. The minimum atomic E-state index is -3.43. The first-order valence-electron chi connectivity index (χ1n) is 9.70. The molecule has 2 heterocycles. The lowest BCUT2D eigenvalue weighted by molar-refractivity contribution is 0.0588. The maximum absolute atomic E-state index is 12.9. The molecule has 1 atom stereocenters. The van der Waals surface area contributed by atoms with Gasteiger partial charge in [-0.1, -0.05) is 32.9 Å². The summed E-state index contributed by atoms with van der Waals surface area (Å²) in [5.74, 6) is 0.651. The van der Waals surface area contributed by atoms with E-state index in [1.807, 2.05) is 18.2 Å². The molecule has 1 aromatic carbocycles. The van der Waals surface area contributed by atoms with Gasteiger partial charge in [-0.15, -0.1) is 0 Å². The molecule has 0 spiro atoms. The van der Waals surface area contributed by atoms with E-state index in [1.165, 1.54) is 17.1 Å². The zero-order chi connectivity index (χ0) is 18.8. The van der Waals surface area contributed by atoms with E-state index in [1.54, 1.807) is 6.07 Å². The van der Waals surface area contributed by atoms with Crippen molar-refractivity contribution in [1.82, 2.24) is 9.21 Å². The molecule has 1 unspecified atom stereocenters. The van der Waals surface area contributed by atoms with Gasteiger partial charge in [-0.2, -0.15) is 4.31 Å². The molecule has 2 aliphatic rings. The van der Waals surface area contributed by atoms with E-state index >= 15 is 0 Å². The van der Waals surface area contributed by atoms with E-state index in [4.69, 9.17) is 4.74 Å². The first kappa shape index (κ1) is 19.8. The normalized spacial score (nSPS) is 26.3. The van der Waals surface area contributed by atoms with Crippen LogP contribution in [0.4, 0.5) is 0 Å². The second kappa shape index (κ2) is 7.97. The number of hydrogen-bond donors (Lipinski definition) is 0. The smallest absolute Gasteiger partial charge is 0.243 e. The van der Waals surface area contributed by atoms with Gasteiger partial charge in [0.1, 0.15) is 0 Å². The predicted octanol–water partition coefficient (Wildman–Crippen LogP) is 2.97. The van der Waals surface area contributed by atoms with Crippen LogP contribution in [0.2, 0.25) is 0 Å². The Hall–Kier alpha value is -0.950. The van der Waals surface area contributed by atoms with Crippen molar-refractivity contribution in [1.29, 1.82) is 0 Å². The van der Waals surface area contributed by atoms with Crippen molar-refractivity contribution >= 4 is 10.0 Å². The van der Waals surface area contributed by atoms with Gasteiger partial charge in [0.25, 0.3) is 0 Å². The summed E-state index contributed by atoms with van der Waals surface area (Å²) in [6.45, 7) is 11.8. The molecule has 5 nitrogen and oxygen atoms in total. The fourth-order valence-corrected chi connectivity index (χ4v) is 5.46. The second-order valence-electron chi connectivity index (χ2n) is 8.29. The van der Waals surface area contributed by atoms with Gasteiger partial charge in [-0.25, -0.2) is 8.42 Å². The molecular formula is C20H32N2O3S. The molecular weight excluding hydrogens is 348 g/mol. The van der Waals surface area contributed by atoms with Crippen LogP contribution in [0, 0.1) is 11.3 Å². The molecule has 3 rings (SSSR count). The van der Waals surface area contributed by atoms with Crippen LogP contribution in [0.25, 0.3) is 0 Å². The number of nitrogens with zero attached hydrogens (tertiary/aromatic N) is 2. The first-order chi connectivity index (χ1) is 12.3. The predicted molar refractivity (Wildman–Crippen MR) is 103 cm³/mol. The topological polar surface area (TPSA) is 49.9 Å². The highest BCUT2D eigenvalue weighted by Crippen LogP contribution is 2.37. The lowest BCUT2D eigenvalue weighted by atomic mass is 9.73. The van der Waals surface area contributed by atoms with E-state index in [-0.39, 0.29) is 0 Å². The Labute approximate surface area is 158 Å². The van der Waals surface area contributed by atoms with Crippen molar-refractivity contribution < 1.29 is 13.2 Å². The highest BCUT2D eigenvalue weighted by molar-refractivity contribution is 7.89. The largest absolute Gasteiger partial charge is 0.379 e. The summed E-state index contributed by atoms with van der Waals surface area (Å²) in [6, 6.07) is 7.47. The van der Waals surface area contributed by atoms with Crippen LogP contribution in [-0.4, -0.2) is 57.0 Å². The van der Waals surface area contributed by atoms with Gasteiger partial charge in [-0.05, 0) is 48.4 Å². The lowest BCUT2D eigenvalue weighted by Gasteiger charge is -2.43. The molecule has 146 valence electrons. The number of hydrogen-bond acceptors (Lipinski definition) is 4. The molecule has 6 heteroatoms. The Morgan fingerprint density at radius 3 is 2.62 bits per heavy atom. The first-order valence-corrected chi connectivity index (χ1v) is 11.1. The summed E-state index contributed by atoms with van der Waals surface area (Å²) < 4.78 is 32.6. The Balaban J connectivity index is 1.73. The number of likely N-dealkylation sites (tertiary alicyclic amines) is 1. The van der Waals surface area contributed by atoms with Gasteiger partial charge >= 0.3 is 0 Å². The summed E-state index contributed by atoms with van der Waals surface area (Å²) >= 11 is 0. The van der Waals surface area contributed by atoms with Crippen LogP contribution in [0.15, 0.2) is 29.2 Å². The third-order valence-corrected chi connectivity index (χ3v) is 8.01. The van der Waals surface area contributed by atoms with Gasteiger partial charge in [-0.3, -0.25) is 4.90 Å². The average Bonchev–Trinajstić information content (AvgIpc) is 2.63. The average molecular weight is 381 g/mol. The highest BCUT2D eigenvalue weighted by atomic mass is 32.2. The van der Waals surface area contributed by atoms with E-state index in [9.17, 15) is 8.42 Å². The molecule has 0 aliphatic carbocycles. The molecule has 1 aromatic rings. The van der Waals surface area contributed by atoms with Crippen molar-refractivity contribution in [2.45, 2.75) is 45.1 Å². The molecule has 0 bridgehead atoms. The number of sulfonamides is 1. The van der Waals surface area contributed by atoms with Crippen molar-refractivity contribution in [3.05, 3.63) is 29.8 Å². The molecule has 2 saturated heterocycles. The van der Waals surface area contributed by atoms with Gasteiger partial charge in [0.2, 0.25) is 10.0 Å². The number of rotatable bonds is 5. The van der Waals surface area contributed by atoms with Gasteiger partial charge in [0.15, 0.2) is 0 Å². The highest BCUT2D eigenvalue weighted by Gasteiger charge is 2.33. The van der Waals surface area contributed by atoms with E-state index < -0.39 is 10.0 Å². The Kier molecular flexibility index (Phi) is 6.07. The monoisotopic (exact) mass is 380 g/mol. The van der Waals surface area contributed by atoms with Crippen molar-refractivity contribution in [2.75, 3.05) is 39.4 Å². The zero-order valence-corrected chi connectivity index (χ0v) is 17.1. The van der Waals surface area contributed by atoms with E-state index in [0.29, 0.717) is 42.5 Å². The molecule has 2 fully saturated rings. The SMILES string of the molecule is CC(C)C1(C)CCCN(Cc2cccc(S(=O)(=O)N3CCOCC3)c2)C1. The summed E-state index contributed by atoms with van der Waals surface area (Å²) in [5, 5.41) is 0. The molecule has 2 aliphatic heterocycles. The Bertz CT molecular complexity index is 714. The quantitative estimate of drug-likeness (QED) is 0.788. The molecule has 0 saturated carbocycles. The maximum Gasteiger partial charge on any atom is 0.243 e. The standard InChI is InChI=1S/C20H32N2O3S/c1-17(2)20(3)8-5-9-21(16-20)15-18-6-4-7-19(14-18)26(23,24)22-10-12-25-13-11-22/h4,6-7,14,17H,5,8-13,15-16H2,1-3H3. The Morgan fingerprint density at radius 1 is 1.19 bits per heavy atom.